The van der Waals surface area contributed by atoms with Crippen molar-refractivity contribution in [2.45, 2.75) is 19.9 Å². The molecule has 2 amide bonds. The summed E-state index contributed by atoms with van der Waals surface area (Å²) in [5.41, 5.74) is 0.467. The average molecular weight is 366 g/mol. The van der Waals surface area contributed by atoms with Gasteiger partial charge in [0.05, 0.1) is 16.8 Å². The molecule has 3 N–H and O–H groups in total. The highest BCUT2D eigenvalue weighted by Gasteiger charge is 2.13. The van der Waals surface area contributed by atoms with E-state index in [0.29, 0.717) is 17.8 Å². The Kier molecular flexibility index (Phi) is 6.07. The van der Waals surface area contributed by atoms with E-state index in [9.17, 15) is 14.4 Å². The number of aromatic nitrogens is 3. The second kappa shape index (κ2) is 8.25. The lowest BCUT2D eigenvalue weighted by atomic mass is 10.2. The van der Waals surface area contributed by atoms with Gasteiger partial charge in [-0.15, -0.1) is 5.10 Å². The molecule has 1 heterocycles. The van der Waals surface area contributed by atoms with Crippen LogP contribution in [0.1, 0.15) is 34.2 Å². The van der Waals surface area contributed by atoms with Crippen molar-refractivity contribution in [1.29, 1.82) is 0 Å². The van der Waals surface area contributed by atoms with Gasteiger partial charge in [0.15, 0.2) is 5.69 Å². The van der Waals surface area contributed by atoms with Gasteiger partial charge in [-0.25, -0.2) is 9.48 Å². The van der Waals surface area contributed by atoms with Crippen molar-refractivity contribution in [2.75, 3.05) is 11.9 Å². The van der Waals surface area contributed by atoms with E-state index in [0.717, 1.165) is 17.3 Å². The summed E-state index contributed by atoms with van der Waals surface area (Å²) in [7, 11) is 0. The number of benzene rings is 1. The Bertz CT molecular complexity index is 805. The summed E-state index contributed by atoms with van der Waals surface area (Å²) in [5, 5.41) is 21.2. The van der Waals surface area contributed by atoms with Crippen LogP contribution in [0, 0.1) is 0 Å². The molecule has 0 unspecified atom stereocenters. The van der Waals surface area contributed by atoms with Gasteiger partial charge in [0, 0.05) is 12.2 Å². The zero-order valence-electron chi connectivity index (χ0n) is 13.3. The molecule has 0 spiro atoms. The third-order valence-corrected chi connectivity index (χ3v) is 3.41. The smallest absolute Gasteiger partial charge is 0.358 e. The molecular weight excluding hydrogens is 350 g/mol. The Morgan fingerprint density at radius 3 is 2.68 bits per heavy atom. The van der Waals surface area contributed by atoms with Gasteiger partial charge in [-0.05, 0) is 24.6 Å². The minimum atomic E-state index is -1.23. The van der Waals surface area contributed by atoms with Crippen molar-refractivity contribution >= 4 is 35.1 Å². The van der Waals surface area contributed by atoms with E-state index in [1.807, 2.05) is 6.92 Å². The molecule has 10 heteroatoms. The number of nitrogens with one attached hydrogen (secondary N) is 2. The molecule has 9 nitrogen and oxygen atoms in total. The van der Waals surface area contributed by atoms with Crippen molar-refractivity contribution in [1.82, 2.24) is 20.3 Å². The number of hydrogen-bond acceptors (Lipinski definition) is 5. The summed E-state index contributed by atoms with van der Waals surface area (Å²) < 4.78 is 1.10. The second-order valence-electron chi connectivity index (χ2n) is 5.11. The summed E-state index contributed by atoms with van der Waals surface area (Å²) in [6, 6.07) is 4.53. The molecule has 2 rings (SSSR count). The van der Waals surface area contributed by atoms with Crippen molar-refractivity contribution in [3.8, 4) is 0 Å². The fourth-order valence-corrected chi connectivity index (χ4v) is 2.20. The van der Waals surface area contributed by atoms with E-state index in [2.05, 4.69) is 20.9 Å². The number of carbonyl (C=O) groups excluding carboxylic acids is 2. The van der Waals surface area contributed by atoms with Gasteiger partial charge in [-0.1, -0.05) is 23.7 Å². The molecule has 0 aliphatic carbocycles. The maximum absolute atomic E-state index is 12.0. The maximum Gasteiger partial charge on any atom is 0.358 e. The van der Waals surface area contributed by atoms with E-state index in [4.69, 9.17) is 16.7 Å². The normalized spacial score (nSPS) is 10.3. The topological polar surface area (TPSA) is 126 Å². The van der Waals surface area contributed by atoms with Gasteiger partial charge < -0.3 is 15.7 Å². The number of carboxylic acids is 1. The van der Waals surface area contributed by atoms with Crippen LogP contribution in [0.15, 0.2) is 24.4 Å². The van der Waals surface area contributed by atoms with Crippen molar-refractivity contribution < 1.29 is 19.5 Å². The minimum Gasteiger partial charge on any atom is -0.476 e. The predicted molar refractivity (Wildman–Crippen MR) is 89.7 cm³/mol. The van der Waals surface area contributed by atoms with Crippen LogP contribution in [-0.4, -0.2) is 44.4 Å². The van der Waals surface area contributed by atoms with E-state index in [-0.39, 0.29) is 23.2 Å². The summed E-state index contributed by atoms with van der Waals surface area (Å²) in [5.74, 6) is -1.95. The number of rotatable bonds is 7. The average Bonchev–Trinajstić information content (AvgIpc) is 3.01. The zero-order valence-corrected chi connectivity index (χ0v) is 14.1. The number of hydrogen-bond donors (Lipinski definition) is 3. The van der Waals surface area contributed by atoms with Crippen LogP contribution in [-0.2, 0) is 11.3 Å². The lowest BCUT2D eigenvalue weighted by molar-refractivity contribution is -0.116. The number of carboxylic acid groups (broad SMARTS) is 1. The SMILES string of the molecule is CCCNC(=O)c1ccc(NC(=O)Cn2cc(C(=O)O)nn2)cc1Cl. The lowest BCUT2D eigenvalue weighted by Crippen LogP contribution is -2.24. The van der Waals surface area contributed by atoms with Crippen LogP contribution in [0.3, 0.4) is 0 Å². The van der Waals surface area contributed by atoms with Crippen LogP contribution < -0.4 is 10.6 Å². The molecule has 0 aliphatic rings. The molecule has 25 heavy (non-hydrogen) atoms. The first-order valence-electron chi connectivity index (χ1n) is 7.41. The Labute approximate surface area is 148 Å². The van der Waals surface area contributed by atoms with Gasteiger partial charge >= 0.3 is 5.97 Å². The van der Waals surface area contributed by atoms with Gasteiger partial charge in [0.25, 0.3) is 5.91 Å². The summed E-state index contributed by atoms with van der Waals surface area (Å²) in [6.07, 6.45) is 1.96. The van der Waals surface area contributed by atoms with Gasteiger partial charge in [0.2, 0.25) is 5.91 Å². The standard InChI is InChI=1S/C15H16ClN5O4/c1-2-5-17-14(23)10-4-3-9(6-11(10)16)18-13(22)8-21-7-12(15(24)25)19-20-21/h3-4,6-7H,2,5,8H2,1H3,(H,17,23)(H,18,22)(H,24,25). The van der Waals surface area contributed by atoms with Crippen molar-refractivity contribution in [2.24, 2.45) is 0 Å². The fourth-order valence-electron chi connectivity index (χ4n) is 1.93. The summed E-state index contributed by atoms with van der Waals surface area (Å²) in [6.45, 7) is 2.27. The predicted octanol–water partition coefficient (Wildman–Crippen LogP) is 1.41. The molecule has 0 atom stereocenters. The molecule has 2 aromatic rings. The number of carbonyl (C=O) groups is 3. The number of nitrogens with zero attached hydrogens (tertiary/aromatic N) is 3. The Morgan fingerprint density at radius 2 is 2.08 bits per heavy atom. The van der Waals surface area contributed by atoms with Crippen LogP contribution in [0.5, 0.6) is 0 Å². The van der Waals surface area contributed by atoms with E-state index >= 15 is 0 Å². The minimum absolute atomic E-state index is 0.209. The lowest BCUT2D eigenvalue weighted by Gasteiger charge is -2.09. The number of anilines is 1. The highest BCUT2D eigenvalue weighted by molar-refractivity contribution is 6.34. The molecule has 0 aliphatic heterocycles. The number of aromatic carboxylic acids is 1. The molecule has 0 saturated carbocycles. The van der Waals surface area contributed by atoms with Gasteiger partial charge in [0.1, 0.15) is 6.54 Å². The van der Waals surface area contributed by atoms with E-state index < -0.39 is 11.9 Å². The summed E-state index contributed by atoms with van der Waals surface area (Å²) in [4.78, 5) is 34.6. The Hall–Kier alpha value is -2.94. The molecular formula is C15H16ClN5O4. The first-order valence-corrected chi connectivity index (χ1v) is 7.79. The maximum atomic E-state index is 12.0. The first-order chi connectivity index (χ1) is 11.9. The Morgan fingerprint density at radius 1 is 1.32 bits per heavy atom. The van der Waals surface area contributed by atoms with Gasteiger partial charge in [-0.2, -0.15) is 0 Å². The fraction of sp³-hybridized carbons (Fsp3) is 0.267. The highest BCUT2D eigenvalue weighted by atomic mass is 35.5. The number of halogens is 1. The Balaban J connectivity index is 1.99. The highest BCUT2D eigenvalue weighted by Crippen LogP contribution is 2.21. The van der Waals surface area contributed by atoms with E-state index in [1.54, 1.807) is 6.07 Å². The largest absolute Gasteiger partial charge is 0.476 e. The molecule has 0 fully saturated rings. The van der Waals surface area contributed by atoms with Crippen LogP contribution in [0.25, 0.3) is 0 Å². The quantitative estimate of drug-likeness (QED) is 0.681. The van der Waals surface area contributed by atoms with Crippen LogP contribution in [0.4, 0.5) is 5.69 Å². The first kappa shape index (κ1) is 18.4. The van der Waals surface area contributed by atoms with Crippen LogP contribution in [0.2, 0.25) is 5.02 Å². The zero-order chi connectivity index (χ0) is 18.4. The third-order valence-electron chi connectivity index (χ3n) is 3.10. The van der Waals surface area contributed by atoms with Crippen molar-refractivity contribution in [3.63, 3.8) is 0 Å². The van der Waals surface area contributed by atoms with Crippen LogP contribution >= 0.6 is 11.6 Å². The molecule has 0 bridgehead atoms. The molecule has 0 radical (unpaired) electrons. The molecule has 1 aromatic heterocycles. The summed E-state index contributed by atoms with van der Waals surface area (Å²) >= 11 is 6.08. The van der Waals surface area contributed by atoms with Gasteiger partial charge in [-0.3, -0.25) is 9.59 Å². The van der Waals surface area contributed by atoms with Crippen molar-refractivity contribution in [3.05, 3.63) is 40.7 Å². The second-order valence-corrected chi connectivity index (χ2v) is 5.51. The number of amides is 2. The molecule has 0 saturated heterocycles. The third kappa shape index (κ3) is 5.01. The molecule has 132 valence electrons. The molecule has 1 aromatic carbocycles. The van der Waals surface area contributed by atoms with E-state index in [1.165, 1.54) is 12.1 Å². The monoisotopic (exact) mass is 365 g/mol.